The normalized spacial score (nSPS) is 22.6. The summed E-state index contributed by atoms with van der Waals surface area (Å²) in [4.78, 5) is 37.3. The molecule has 4 saturated heterocycles. The second-order valence-electron chi connectivity index (χ2n) is 10.6. The van der Waals surface area contributed by atoms with E-state index in [0.717, 1.165) is 6.42 Å². The number of nitriles is 1. The van der Waals surface area contributed by atoms with E-state index < -0.39 is 17.4 Å². The van der Waals surface area contributed by atoms with Crippen molar-refractivity contribution in [1.29, 1.82) is 5.26 Å². The SMILES string of the molecule is C=CC(=O)N1CCN(C2CN(c3cc(N4CCC5(CCC(=O)N5C)CC4)nc(C(F)(F)F)c3C#N)C2)CC1. The molecule has 9 nitrogen and oxygen atoms in total. The average Bonchev–Trinajstić information content (AvgIpc) is 3.15. The molecule has 0 atom stereocenters. The minimum absolute atomic E-state index is 0.0997. The fraction of sp³-hybridized carbons (Fsp3) is 0.615. The smallest absolute Gasteiger partial charge is 0.367 e. The number of pyridine rings is 1. The first-order valence-electron chi connectivity index (χ1n) is 13.0. The van der Waals surface area contributed by atoms with Gasteiger partial charge in [-0.3, -0.25) is 14.5 Å². The summed E-state index contributed by atoms with van der Waals surface area (Å²) in [5, 5.41) is 9.72. The number of piperazine rings is 1. The maximum Gasteiger partial charge on any atom is 0.434 e. The maximum atomic E-state index is 14.0. The molecule has 204 valence electrons. The number of rotatable bonds is 4. The first-order chi connectivity index (χ1) is 18.1. The predicted octanol–water partition coefficient (Wildman–Crippen LogP) is 2.08. The van der Waals surface area contributed by atoms with E-state index in [0.29, 0.717) is 71.6 Å². The van der Waals surface area contributed by atoms with Gasteiger partial charge in [0.1, 0.15) is 17.5 Å². The van der Waals surface area contributed by atoms with Crippen LogP contribution in [0.2, 0.25) is 0 Å². The van der Waals surface area contributed by atoms with E-state index in [1.807, 2.05) is 16.8 Å². The van der Waals surface area contributed by atoms with Crippen molar-refractivity contribution in [3.05, 3.63) is 30.0 Å². The number of hydrogen-bond acceptors (Lipinski definition) is 7. The zero-order chi connectivity index (χ0) is 27.2. The Hall–Kier alpha value is -3.33. The number of aromatic nitrogens is 1. The number of carbonyl (C=O) groups excluding carboxylic acids is 2. The van der Waals surface area contributed by atoms with Gasteiger partial charge in [-0.2, -0.15) is 18.4 Å². The molecule has 0 unspecified atom stereocenters. The van der Waals surface area contributed by atoms with Gasteiger partial charge in [-0.1, -0.05) is 6.58 Å². The van der Waals surface area contributed by atoms with Crippen LogP contribution in [0.1, 0.15) is 36.9 Å². The van der Waals surface area contributed by atoms with Gasteiger partial charge in [0.15, 0.2) is 5.69 Å². The molecule has 0 radical (unpaired) electrons. The zero-order valence-electron chi connectivity index (χ0n) is 21.5. The van der Waals surface area contributed by atoms with Gasteiger partial charge in [0.25, 0.3) is 0 Å². The molecule has 12 heteroatoms. The Kier molecular flexibility index (Phi) is 6.75. The van der Waals surface area contributed by atoms with Crippen LogP contribution >= 0.6 is 0 Å². The summed E-state index contributed by atoms with van der Waals surface area (Å²) in [6.07, 6.45) is -0.856. The van der Waals surface area contributed by atoms with Crippen LogP contribution < -0.4 is 9.80 Å². The van der Waals surface area contributed by atoms with Crippen LogP contribution in [0.15, 0.2) is 18.7 Å². The van der Waals surface area contributed by atoms with Crippen molar-refractivity contribution in [3.63, 3.8) is 0 Å². The van der Waals surface area contributed by atoms with Gasteiger partial charge in [0.2, 0.25) is 11.8 Å². The third-order valence-corrected chi connectivity index (χ3v) is 8.79. The molecule has 2 amide bonds. The molecule has 38 heavy (non-hydrogen) atoms. The number of hydrogen-bond donors (Lipinski definition) is 0. The minimum atomic E-state index is -4.76. The highest BCUT2D eigenvalue weighted by molar-refractivity contribution is 5.87. The van der Waals surface area contributed by atoms with E-state index in [1.165, 1.54) is 6.08 Å². The quantitative estimate of drug-likeness (QED) is 0.550. The van der Waals surface area contributed by atoms with Crippen molar-refractivity contribution >= 4 is 23.3 Å². The van der Waals surface area contributed by atoms with Crippen LogP contribution in [-0.2, 0) is 15.8 Å². The zero-order valence-corrected chi connectivity index (χ0v) is 21.5. The summed E-state index contributed by atoms with van der Waals surface area (Å²) < 4.78 is 42.1. The molecule has 1 aromatic heterocycles. The van der Waals surface area contributed by atoms with Crippen LogP contribution in [0.5, 0.6) is 0 Å². The minimum Gasteiger partial charge on any atom is -0.367 e. The van der Waals surface area contributed by atoms with E-state index in [2.05, 4.69) is 16.5 Å². The van der Waals surface area contributed by atoms with Gasteiger partial charge in [0, 0.05) is 83.5 Å². The molecule has 4 aliphatic rings. The molecular weight excluding hydrogens is 499 g/mol. The first-order valence-corrected chi connectivity index (χ1v) is 13.0. The lowest BCUT2D eigenvalue weighted by atomic mass is 9.85. The number of likely N-dealkylation sites (tertiary alicyclic amines) is 1. The molecule has 4 fully saturated rings. The van der Waals surface area contributed by atoms with Gasteiger partial charge in [-0.15, -0.1) is 0 Å². The van der Waals surface area contributed by atoms with Gasteiger partial charge in [-0.25, -0.2) is 4.98 Å². The Balaban J connectivity index is 1.33. The van der Waals surface area contributed by atoms with E-state index >= 15 is 0 Å². The monoisotopic (exact) mass is 531 g/mol. The Labute approximate surface area is 220 Å². The summed E-state index contributed by atoms with van der Waals surface area (Å²) in [6.45, 7) is 8.04. The van der Waals surface area contributed by atoms with Crippen molar-refractivity contribution in [2.24, 2.45) is 0 Å². The van der Waals surface area contributed by atoms with Crippen molar-refractivity contribution in [2.45, 2.75) is 43.4 Å². The number of anilines is 2. The molecule has 1 aromatic rings. The highest BCUT2D eigenvalue weighted by Crippen LogP contribution is 2.42. The number of nitrogens with zero attached hydrogens (tertiary/aromatic N) is 7. The second-order valence-corrected chi connectivity index (χ2v) is 10.6. The average molecular weight is 532 g/mol. The third kappa shape index (κ3) is 4.57. The van der Waals surface area contributed by atoms with Crippen molar-refractivity contribution in [3.8, 4) is 6.07 Å². The molecule has 0 aromatic carbocycles. The Morgan fingerprint density at radius 1 is 1.13 bits per heavy atom. The molecule has 0 bridgehead atoms. The van der Waals surface area contributed by atoms with E-state index in [9.17, 15) is 28.0 Å². The molecular formula is C26H32F3N7O2. The molecule has 0 aliphatic carbocycles. The Bertz CT molecular complexity index is 1160. The topological polar surface area (TPSA) is 87.0 Å². The highest BCUT2D eigenvalue weighted by Gasteiger charge is 2.46. The van der Waals surface area contributed by atoms with Gasteiger partial charge >= 0.3 is 6.18 Å². The second kappa shape index (κ2) is 9.76. The van der Waals surface area contributed by atoms with Crippen LogP contribution in [0.25, 0.3) is 0 Å². The van der Waals surface area contributed by atoms with Crippen LogP contribution in [0, 0.1) is 11.3 Å². The summed E-state index contributed by atoms with van der Waals surface area (Å²) >= 11 is 0. The van der Waals surface area contributed by atoms with Crippen LogP contribution in [0.4, 0.5) is 24.7 Å². The number of halogens is 3. The number of amides is 2. The Morgan fingerprint density at radius 2 is 1.79 bits per heavy atom. The lowest BCUT2D eigenvalue weighted by Gasteiger charge is -2.49. The van der Waals surface area contributed by atoms with E-state index in [1.54, 1.807) is 21.9 Å². The van der Waals surface area contributed by atoms with E-state index in [4.69, 9.17) is 0 Å². The van der Waals surface area contributed by atoms with Gasteiger partial charge in [-0.05, 0) is 25.3 Å². The third-order valence-electron chi connectivity index (χ3n) is 8.79. The van der Waals surface area contributed by atoms with Crippen LogP contribution in [-0.4, -0.2) is 102 Å². The highest BCUT2D eigenvalue weighted by atomic mass is 19.4. The molecule has 0 saturated carbocycles. The fourth-order valence-electron chi connectivity index (χ4n) is 6.24. The van der Waals surface area contributed by atoms with E-state index in [-0.39, 0.29) is 34.9 Å². The lowest BCUT2D eigenvalue weighted by molar-refractivity contribution is -0.141. The van der Waals surface area contributed by atoms with Crippen LogP contribution in [0.3, 0.4) is 0 Å². The van der Waals surface area contributed by atoms with Crippen molar-refractivity contribution in [2.75, 3.05) is 69.2 Å². The molecule has 1 spiro atoms. The molecule has 4 aliphatic heterocycles. The van der Waals surface area contributed by atoms with Crippen molar-refractivity contribution < 1.29 is 22.8 Å². The number of piperidine rings is 1. The predicted molar refractivity (Wildman–Crippen MR) is 134 cm³/mol. The van der Waals surface area contributed by atoms with Gasteiger partial charge < -0.3 is 19.6 Å². The summed E-state index contributed by atoms with van der Waals surface area (Å²) in [5.74, 6) is 0.225. The molecule has 5 rings (SSSR count). The largest absolute Gasteiger partial charge is 0.434 e. The standard InChI is InChI=1S/C26H32F3N7O2/c1-3-22(37)35-12-10-33(11-13-35)18-16-36(17-18)20-14-21(31-24(19(20)15-30)26(27,28)29)34-8-6-25(7-9-34)5-4-23(38)32(25)2/h3,14,18H,1,4-13,16-17H2,2H3. The number of alkyl halides is 3. The lowest BCUT2D eigenvalue weighted by Crippen LogP contribution is -2.63. The van der Waals surface area contributed by atoms with Crippen molar-refractivity contribution in [1.82, 2.24) is 19.7 Å². The summed E-state index contributed by atoms with van der Waals surface area (Å²) in [6, 6.07) is 3.52. The first kappa shape index (κ1) is 26.3. The number of carbonyl (C=O) groups is 2. The summed E-state index contributed by atoms with van der Waals surface area (Å²) in [7, 11) is 1.81. The fourth-order valence-corrected chi connectivity index (χ4v) is 6.24. The van der Waals surface area contributed by atoms with Gasteiger partial charge in [0.05, 0.1) is 5.69 Å². The molecule has 0 N–H and O–H groups in total. The summed E-state index contributed by atoms with van der Waals surface area (Å²) in [5.41, 5.74) is -1.58. The Morgan fingerprint density at radius 3 is 2.32 bits per heavy atom. The molecule has 5 heterocycles. The maximum absolute atomic E-state index is 14.0.